The zero-order valence-electron chi connectivity index (χ0n) is 11.3. The first kappa shape index (κ1) is 13.3. The Kier molecular flexibility index (Phi) is 3.39. The second-order valence-corrected chi connectivity index (χ2v) is 4.91. The average molecular weight is 285 g/mol. The molecule has 1 atom stereocenters. The summed E-state index contributed by atoms with van der Waals surface area (Å²) in [6, 6.07) is 12.5. The lowest BCUT2D eigenvalue weighted by Crippen LogP contribution is -2.12. The molecule has 3 N–H and O–H groups in total. The van der Waals surface area contributed by atoms with E-state index in [-0.39, 0.29) is 17.2 Å². The van der Waals surface area contributed by atoms with Crippen LogP contribution in [0.15, 0.2) is 42.5 Å². The van der Waals surface area contributed by atoms with Crippen LogP contribution in [-0.4, -0.2) is 24.3 Å². The first-order chi connectivity index (χ1) is 10.1. The van der Waals surface area contributed by atoms with Crippen LogP contribution in [0.1, 0.15) is 21.8 Å². The highest BCUT2D eigenvalue weighted by Gasteiger charge is 2.24. The highest BCUT2D eigenvalue weighted by molar-refractivity contribution is 5.94. The van der Waals surface area contributed by atoms with Crippen molar-refractivity contribution in [2.24, 2.45) is 0 Å². The zero-order chi connectivity index (χ0) is 14.8. The molecule has 0 amide bonds. The van der Waals surface area contributed by atoms with Crippen LogP contribution < -0.4 is 15.2 Å². The van der Waals surface area contributed by atoms with Crippen molar-refractivity contribution in [3.8, 4) is 11.5 Å². The Balaban J connectivity index is 1.72. The van der Waals surface area contributed by atoms with E-state index in [2.05, 4.69) is 0 Å². The summed E-state index contributed by atoms with van der Waals surface area (Å²) in [7, 11) is 0. The second kappa shape index (κ2) is 5.36. The van der Waals surface area contributed by atoms with Crippen LogP contribution in [0.4, 0.5) is 5.69 Å². The number of hydrogen-bond donors (Lipinski definition) is 2. The molecule has 5 heteroatoms. The molecular weight excluding hydrogens is 270 g/mol. The van der Waals surface area contributed by atoms with Crippen LogP contribution in [0.2, 0.25) is 0 Å². The SMILES string of the molecule is Nc1ccc(OCC2COc3ccccc32)cc1C(=O)O. The zero-order valence-corrected chi connectivity index (χ0v) is 11.3. The molecule has 0 spiro atoms. The van der Waals surface area contributed by atoms with Crippen molar-refractivity contribution >= 4 is 11.7 Å². The molecule has 0 fully saturated rings. The van der Waals surface area contributed by atoms with Gasteiger partial charge in [0.25, 0.3) is 0 Å². The lowest BCUT2D eigenvalue weighted by atomic mass is 10.0. The molecule has 3 rings (SSSR count). The van der Waals surface area contributed by atoms with Crippen molar-refractivity contribution < 1.29 is 19.4 Å². The minimum Gasteiger partial charge on any atom is -0.493 e. The number of para-hydroxylation sites is 1. The lowest BCUT2D eigenvalue weighted by molar-refractivity contribution is 0.0697. The Morgan fingerprint density at radius 1 is 1.33 bits per heavy atom. The fourth-order valence-corrected chi connectivity index (χ4v) is 2.37. The third kappa shape index (κ3) is 2.63. The van der Waals surface area contributed by atoms with Crippen molar-refractivity contribution in [3.63, 3.8) is 0 Å². The van der Waals surface area contributed by atoms with Crippen LogP contribution in [0.25, 0.3) is 0 Å². The molecule has 0 radical (unpaired) electrons. The number of benzene rings is 2. The van der Waals surface area contributed by atoms with Crippen molar-refractivity contribution in [1.29, 1.82) is 0 Å². The van der Waals surface area contributed by atoms with Gasteiger partial charge in [-0.25, -0.2) is 4.79 Å². The number of rotatable bonds is 4. The first-order valence-electron chi connectivity index (χ1n) is 6.62. The van der Waals surface area contributed by atoms with Gasteiger partial charge in [0.1, 0.15) is 11.5 Å². The van der Waals surface area contributed by atoms with Gasteiger partial charge in [0.15, 0.2) is 0 Å². The Hall–Kier alpha value is -2.69. The Labute approximate surface area is 121 Å². The highest BCUT2D eigenvalue weighted by Crippen LogP contribution is 2.33. The van der Waals surface area contributed by atoms with E-state index in [9.17, 15) is 4.79 Å². The largest absolute Gasteiger partial charge is 0.493 e. The number of carboxylic acids is 1. The number of nitrogens with two attached hydrogens (primary N) is 1. The summed E-state index contributed by atoms with van der Waals surface area (Å²) >= 11 is 0. The number of aromatic carboxylic acids is 1. The maximum absolute atomic E-state index is 11.0. The summed E-state index contributed by atoms with van der Waals surface area (Å²) in [6.45, 7) is 1.00. The molecule has 1 unspecified atom stereocenters. The number of anilines is 1. The summed E-state index contributed by atoms with van der Waals surface area (Å²) in [6.07, 6.45) is 0. The highest BCUT2D eigenvalue weighted by atomic mass is 16.5. The molecule has 0 saturated carbocycles. The van der Waals surface area contributed by atoms with E-state index < -0.39 is 5.97 Å². The lowest BCUT2D eigenvalue weighted by Gasteiger charge is -2.12. The van der Waals surface area contributed by atoms with Gasteiger partial charge in [-0.2, -0.15) is 0 Å². The van der Waals surface area contributed by atoms with Crippen LogP contribution in [0, 0.1) is 0 Å². The summed E-state index contributed by atoms with van der Waals surface area (Å²) in [5.74, 6) is 0.458. The minimum atomic E-state index is -1.06. The molecular formula is C16H15NO4. The third-order valence-corrected chi connectivity index (χ3v) is 3.51. The minimum absolute atomic E-state index is 0.0515. The summed E-state index contributed by atoms with van der Waals surface area (Å²) in [5.41, 5.74) is 7.01. The van der Waals surface area contributed by atoms with E-state index in [0.717, 1.165) is 11.3 Å². The Bertz CT molecular complexity index is 684. The normalized spacial score (nSPS) is 16.1. The first-order valence-corrected chi connectivity index (χ1v) is 6.62. The van der Waals surface area contributed by atoms with Crippen molar-refractivity contribution in [2.75, 3.05) is 18.9 Å². The van der Waals surface area contributed by atoms with Gasteiger partial charge in [-0.15, -0.1) is 0 Å². The predicted octanol–water partition coefficient (Wildman–Crippen LogP) is 2.52. The Morgan fingerprint density at radius 2 is 2.14 bits per heavy atom. The molecule has 2 aromatic carbocycles. The van der Waals surface area contributed by atoms with Gasteiger partial charge >= 0.3 is 5.97 Å². The van der Waals surface area contributed by atoms with Crippen LogP contribution in [0.3, 0.4) is 0 Å². The molecule has 2 aromatic rings. The summed E-state index contributed by atoms with van der Waals surface area (Å²) < 4.78 is 11.3. The number of hydrogen-bond acceptors (Lipinski definition) is 4. The van der Waals surface area contributed by atoms with Gasteiger partial charge in [0.2, 0.25) is 0 Å². The van der Waals surface area contributed by atoms with E-state index in [1.54, 1.807) is 6.07 Å². The molecule has 1 aliphatic heterocycles. The number of carboxylic acid groups (broad SMARTS) is 1. The van der Waals surface area contributed by atoms with Crippen molar-refractivity contribution in [2.45, 2.75) is 5.92 Å². The van der Waals surface area contributed by atoms with Gasteiger partial charge in [0.05, 0.1) is 24.7 Å². The fourth-order valence-electron chi connectivity index (χ4n) is 2.37. The number of fused-ring (bicyclic) bond motifs is 1. The Morgan fingerprint density at radius 3 is 2.95 bits per heavy atom. The van der Waals surface area contributed by atoms with E-state index >= 15 is 0 Å². The van der Waals surface area contributed by atoms with Crippen LogP contribution in [0.5, 0.6) is 11.5 Å². The van der Waals surface area contributed by atoms with E-state index in [1.807, 2.05) is 24.3 Å². The molecule has 21 heavy (non-hydrogen) atoms. The molecule has 0 aliphatic carbocycles. The third-order valence-electron chi connectivity index (χ3n) is 3.51. The predicted molar refractivity (Wildman–Crippen MR) is 78.0 cm³/mol. The monoisotopic (exact) mass is 285 g/mol. The van der Waals surface area contributed by atoms with E-state index in [1.165, 1.54) is 12.1 Å². The number of nitrogen functional groups attached to an aromatic ring is 1. The van der Waals surface area contributed by atoms with Gasteiger partial charge in [-0.1, -0.05) is 18.2 Å². The molecule has 0 aromatic heterocycles. The average Bonchev–Trinajstić information content (AvgIpc) is 2.89. The molecule has 1 aliphatic rings. The number of ether oxygens (including phenoxy) is 2. The maximum Gasteiger partial charge on any atom is 0.337 e. The maximum atomic E-state index is 11.0. The van der Waals surface area contributed by atoms with Crippen molar-refractivity contribution in [3.05, 3.63) is 53.6 Å². The second-order valence-electron chi connectivity index (χ2n) is 4.91. The topological polar surface area (TPSA) is 81.8 Å². The fraction of sp³-hybridized carbons (Fsp3) is 0.188. The van der Waals surface area contributed by atoms with Gasteiger partial charge < -0.3 is 20.3 Å². The summed E-state index contributed by atoms with van der Waals surface area (Å²) in [5, 5.41) is 9.04. The molecule has 1 heterocycles. The molecule has 108 valence electrons. The van der Waals surface area contributed by atoms with E-state index in [4.69, 9.17) is 20.3 Å². The van der Waals surface area contributed by atoms with Crippen LogP contribution in [-0.2, 0) is 0 Å². The number of carbonyl (C=O) groups is 1. The van der Waals surface area contributed by atoms with E-state index in [0.29, 0.717) is 19.0 Å². The van der Waals surface area contributed by atoms with Gasteiger partial charge in [-0.05, 0) is 24.3 Å². The molecule has 0 saturated heterocycles. The quantitative estimate of drug-likeness (QED) is 0.843. The molecule has 0 bridgehead atoms. The van der Waals surface area contributed by atoms with Gasteiger partial charge in [-0.3, -0.25) is 0 Å². The summed E-state index contributed by atoms with van der Waals surface area (Å²) in [4.78, 5) is 11.0. The standard InChI is InChI=1S/C16H15NO4/c17-14-6-5-11(7-13(14)16(18)19)20-8-10-9-21-15-4-2-1-3-12(10)15/h1-7,10H,8-9,17H2,(H,18,19). The molecule has 5 nitrogen and oxygen atoms in total. The van der Waals surface area contributed by atoms with Gasteiger partial charge in [0, 0.05) is 11.3 Å². The van der Waals surface area contributed by atoms with Crippen molar-refractivity contribution in [1.82, 2.24) is 0 Å². The smallest absolute Gasteiger partial charge is 0.337 e. The van der Waals surface area contributed by atoms with Crippen LogP contribution >= 0.6 is 0 Å².